The van der Waals surface area contributed by atoms with Gasteiger partial charge in [0, 0.05) is 17.8 Å². The zero-order valence-corrected chi connectivity index (χ0v) is 22.3. The third-order valence-corrected chi connectivity index (χ3v) is 10.9. The highest BCUT2D eigenvalue weighted by atomic mass is 32.2. The number of fused-ring (bicyclic) bond motifs is 2. The van der Waals surface area contributed by atoms with Crippen molar-refractivity contribution < 1.29 is 24.2 Å². The highest BCUT2D eigenvalue weighted by Crippen LogP contribution is 2.61. The van der Waals surface area contributed by atoms with Crippen LogP contribution in [0, 0.1) is 17.8 Å². The van der Waals surface area contributed by atoms with E-state index in [0.29, 0.717) is 13.2 Å². The van der Waals surface area contributed by atoms with Crippen LogP contribution in [0.1, 0.15) is 65.2 Å². The van der Waals surface area contributed by atoms with Crippen molar-refractivity contribution in [1.29, 1.82) is 0 Å². The Labute approximate surface area is 218 Å². The van der Waals surface area contributed by atoms with E-state index < -0.39 is 28.7 Å². The molecule has 7 nitrogen and oxygen atoms in total. The van der Waals surface area contributed by atoms with Gasteiger partial charge < -0.3 is 19.6 Å². The second kappa shape index (κ2) is 10.5. The summed E-state index contributed by atoms with van der Waals surface area (Å²) in [6.45, 7) is 4.73. The minimum atomic E-state index is -0.851. The molecule has 0 aromatic heterocycles. The highest BCUT2D eigenvalue weighted by Gasteiger charge is 2.72. The molecule has 5 aliphatic rings. The molecule has 36 heavy (non-hydrogen) atoms. The second-order valence-corrected chi connectivity index (χ2v) is 12.6. The molecule has 1 unspecified atom stereocenters. The summed E-state index contributed by atoms with van der Waals surface area (Å²) in [6.07, 6.45) is 16.0. The van der Waals surface area contributed by atoms with Crippen molar-refractivity contribution in [2.75, 3.05) is 19.8 Å². The molecular weight excluding hydrogens is 476 g/mol. The smallest absolute Gasteiger partial charge is 0.311 e. The van der Waals surface area contributed by atoms with Crippen LogP contribution in [-0.4, -0.2) is 80.6 Å². The Hall–Kier alpha value is -1.80. The van der Waals surface area contributed by atoms with Gasteiger partial charge in [0.1, 0.15) is 6.04 Å². The first-order valence-electron chi connectivity index (χ1n) is 13.9. The van der Waals surface area contributed by atoms with Gasteiger partial charge in [-0.25, -0.2) is 0 Å². The van der Waals surface area contributed by atoms with Gasteiger partial charge in [-0.3, -0.25) is 14.4 Å². The third kappa shape index (κ3) is 4.12. The number of thioether (sulfide) groups is 1. The number of esters is 1. The fourth-order valence-corrected chi connectivity index (χ4v) is 9.09. The number of aliphatic hydroxyl groups is 1. The molecule has 4 heterocycles. The van der Waals surface area contributed by atoms with E-state index in [1.165, 1.54) is 6.42 Å². The SMILES string of the molecule is CC[C@H](C)[C@H](CO)N1C(=O)[C@@H]2[C@H]3C(=O)OCCC/C=C\[C@H]3S[C@@]23C=CCN(C2CCCCC2)C(=O)C13. The van der Waals surface area contributed by atoms with E-state index in [0.717, 1.165) is 44.9 Å². The summed E-state index contributed by atoms with van der Waals surface area (Å²) in [5.41, 5.74) is 0. The average Bonchev–Trinajstić information content (AvgIpc) is 3.30. The van der Waals surface area contributed by atoms with Crippen molar-refractivity contribution in [1.82, 2.24) is 9.80 Å². The molecule has 0 radical (unpaired) electrons. The molecule has 8 heteroatoms. The maximum absolute atomic E-state index is 14.5. The topological polar surface area (TPSA) is 87.2 Å². The van der Waals surface area contributed by atoms with Gasteiger partial charge in [0.25, 0.3) is 0 Å². The maximum atomic E-state index is 14.5. The van der Waals surface area contributed by atoms with Crippen LogP contribution in [0.25, 0.3) is 0 Å². The third-order valence-electron chi connectivity index (χ3n) is 9.18. The molecule has 2 amide bonds. The van der Waals surface area contributed by atoms with Gasteiger partial charge in [-0.1, -0.05) is 63.8 Å². The minimum absolute atomic E-state index is 0.0196. The zero-order valence-electron chi connectivity index (χ0n) is 21.5. The molecule has 3 fully saturated rings. The Balaban J connectivity index is 1.62. The lowest BCUT2D eigenvalue weighted by Crippen LogP contribution is -2.59. The normalized spacial score (nSPS) is 37.7. The number of allylic oxidation sites excluding steroid dienone is 1. The van der Waals surface area contributed by atoms with Crippen LogP contribution in [0.4, 0.5) is 0 Å². The van der Waals surface area contributed by atoms with E-state index in [9.17, 15) is 19.5 Å². The predicted octanol–water partition coefficient (Wildman–Crippen LogP) is 3.32. The van der Waals surface area contributed by atoms with Gasteiger partial charge in [-0.15, -0.1) is 11.8 Å². The zero-order chi connectivity index (χ0) is 25.4. The summed E-state index contributed by atoms with van der Waals surface area (Å²) in [6, 6.07) is -1.03. The Morgan fingerprint density at radius 2 is 1.92 bits per heavy atom. The van der Waals surface area contributed by atoms with E-state index in [-0.39, 0.29) is 41.6 Å². The Kier molecular flexibility index (Phi) is 7.55. The summed E-state index contributed by atoms with van der Waals surface area (Å²) < 4.78 is 4.79. The average molecular weight is 517 g/mol. The number of ether oxygens (including phenoxy) is 1. The van der Waals surface area contributed by atoms with Crippen molar-refractivity contribution in [3.8, 4) is 0 Å². The number of rotatable bonds is 5. The van der Waals surface area contributed by atoms with Crippen molar-refractivity contribution in [3.05, 3.63) is 24.3 Å². The van der Waals surface area contributed by atoms with Crippen molar-refractivity contribution in [2.24, 2.45) is 17.8 Å². The molecule has 4 aliphatic heterocycles. The van der Waals surface area contributed by atoms with Crippen molar-refractivity contribution >= 4 is 29.5 Å². The molecular formula is C28H40N2O5S. The lowest BCUT2D eigenvalue weighted by atomic mass is 9.78. The number of amides is 2. The highest BCUT2D eigenvalue weighted by molar-refractivity contribution is 8.02. The van der Waals surface area contributed by atoms with Crippen LogP contribution < -0.4 is 0 Å². The first kappa shape index (κ1) is 25.8. The van der Waals surface area contributed by atoms with E-state index in [1.54, 1.807) is 16.7 Å². The lowest BCUT2D eigenvalue weighted by molar-refractivity contribution is -0.154. The van der Waals surface area contributed by atoms with Crippen LogP contribution in [0.3, 0.4) is 0 Å². The van der Waals surface area contributed by atoms with Crippen molar-refractivity contribution in [3.63, 3.8) is 0 Å². The monoisotopic (exact) mass is 516 g/mol. The number of cyclic esters (lactones) is 1. The van der Waals surface area contributed by atoms with E-state index in [4.69, 9.17) is 4.74 Å². The van der Waals surface area contributed by atoms with Crippen LogP contribution in [0.2, 0.25) is 0 Å². The van der Waals surface area contributed by atoms with Gasteiger partial charge >= 0.3 is 5.97 Å². The van der Waals surface area contributed by atoms with Crippen LogP contribution in [0.5, 0.6) is 0 Å². The number of hydrogen-bond acceptors (Lipinski definition) is 6. The molecule has 0 aromatic rings. The number of aliphatic hydroxyl groups excluding tert-OH is 1. The molecule has 5 rings (SSSR count). The second-order valence-electron chi connectivity index (χ2n) is 11.1. The summed E-state index contributed by atoms with van der Waals surface area (Å²) >= 11 is 1.59. The minimum Gasteiger partial charge on any atom is -0.465 e. The van der Waals surface area contributed by atoms with E-state index >= 15 is 0 Å². The number of nitrogens with zero attached hydrogens (tertiary/aromatic N) is 2. The largest absolute Gasteiger partial charge is 0.465 e. The molecule has 7 atom stereocenters. The lowest BCUT2D eigenvalue weighted by Gasteiger charge is -2.42. The Morgan fingerprint density at radius 1 is 1.14 bits per heavy atom. The number of carbonyl (C=O) groups is 3. The van der Waals surface area contributed by atoms with Gasteiger partial charge in [0.2, 0.25) is 11.8 Å². The van der Waals surface area contributed by atoms with Gasteiger partial charge in [0.05, 0.1) is 35.8 Å². The molecule has 2 saturated heterocycles. The van der Waals surface area contributed by atoms with Gasteiger partial charge in [-0.05, 0) is 31.6 Å². The predicted molar refractivity (Wildman–Crippen MR) is 139 cm³/mol. The summed E-state index contributed by atoms with van der Waals surface area (Å²) in [5.74, 6) is -1.86. The van der Waals surface area contributed by atoms with Crippen LogP contribution in [0.15, 0.2) is 24.3 Å². The molecule has 0 bridgehead atoms. The number of likely N-dealkylation sites (tertiary alicyclic amines) is 1. The summed E-state index contributed by atoms with van der Waals surface area (Å²) in [5, 5.41) is 10.3. The van der Waals surface area contributed by atoms with Crippen molar-refractivity contribution in [2.45, 2.75) is 93.3 Å². The van der Waals surface area contributed by atoms with Gasteiger partial charge in [0.15, 0.2) is 0 Å². The van der Waals surface area contributed by atoms with E-state index in [2.05, 4.69) is 24.3 Å². The Bertz CT molecular complexity index is 931. The quantitative estimate of drug-likeness (QED) is 0.446. The van der Waals surface area contributed by atoms with E-state index in [1.807, 2.05) is 18.7 Å². The molecule has 1 saturated carbocycles. The fourth-order valence-electron chi connectivity index (χ4n) is 7.10. The molecule has 1 aliphatic carbocycles. The number of hydrogen-bond donors (Lipinski definition) is 1. The number of carbonyl (C=O) groups excluding carboxylic acids is 3. The summed E-state index contributed by atoms with van der Waals surface area (Å²) in [7, 11) is 0. The first-order chi connectivity index (χ1) is 17.4. The molecule has 1 spiro atoms. The standard InChI is InChI=1S/C28H40N2O5S/c1-3-18(2)20(17-31)30-24-26(33)29(19-11-6-4-7-12-19)15-10-14-28(24)23(25(30)32)22-21(36-28)13-8-5-9-16-35-27(22)34/h8,10,13-14,18-24,31H,3-7,9,11-12,15-17H2,1-2H3/b13-8-/t18-,20-,21+,22-,23-,24?,28-/m0/s1. The molecule has 198 valence electrons. The first-order valence-corrected chi connectivity index (χ1v) is 14.7. The Morgan fingerprint density at radius 3 is 2.64 bits per heavy atom. The van der Waals surface area contributed by atoms with Gasteiger partial charge in [-0.2, -0.15) is 0 Å². The molecule has 0 aromatic carbocycles. The maximum Gasteiger partial charge on any atom is 0.311 e. The van der Waals surface area contributed by atoms with Crippen LogP contribution >= 0.6 is 11.8 Å². The molecule has 1 N–H and O–H groups in total. The van der Waals surface area contributed by atoms with Crippen LogP contribution in [-0.2, 0) is 19.1 Å². The fraction of sp³-hybridized carbons (Fsp3) is 0.750. The summed E-state index contributed by atoms with van der Waals surface area (Å²) in [4.78, 5) is 45.9.